The van der Waals surface area contributed by atoms with E-state index in [2.05, 4.69) is 69.5 Å². The Balaban J connectivity index is 1.70. The first-order valence-electron chi connectivity index (χ1n) is 9.13. The minimum Gasteiger partial charge on any atom is -0.351 e. The molecule has 6 nitrogen and oxygen atoms in total. The first-order valence-corrected chi connectivity index (χ1v) is 10.0. The van der Waals surface area contributed by atoms with Gasteiger partial charge in [-0.15, -0.1) is 21.5 Å². The molecule has 7 heteroatoms. The molecule has 0 amide bonds. The van der Waals surface area contributed by atoms with Crippen LogP contribution in [-0.4, -0.2) is 20.7 Å². The van der Waals surface area contributed by atoms with Gasteiger partial charge in [0.2, 0.25) is 0 Å². The van der Waals surface area contributed by atoms with Crippen LogP contribution in [0.2, 0.25) is 0 Å². The number of nitrogens with zero attached hydrogens (tertiary/aromatic N) is 4. The molecule has 0 atom stereocenters. The van der Waals surface area contributed by atoms with Crippen molar-refractivity contribution in [3.8, 4) is 0 Å². The number of aromatic nitrogens is 3. The van der Waals surface area contributed by atoms with E-state index in [1.807, 2.05) is 18.5 Å². The van der Waals surface area contributed by atoms with Crippen molar-refractivity contribution in [3.05, 3.63) is 69.4 Å². The summed E-state index contributed by atoms with van der Waals surface area (Å²) in [6, 6.07) is 12.6. The molecule has 3 aromatic rings. The zero-order valence-corrected chi connectivity index (χ0v) is 16.9. The fourth-order valence-corrected chi connectivity index (χ4v) is 3.39. The Morgan fingerprint density at radius 1 is 1.07 bits per heavy atom. The average Bonchev–Trinajstić information content (AvgIpc) is 3.32. The number of nitrogens with one attached hydrogen (secondary N) is 2. The van der Waals surface area contributed by atoms with Crippen LogP contribution in [0.15, 0.2) is 46.8 Å². The number of aryl methyl sites for hydroxylation is 2. The highest BCUT2D eigenvalue weighted by atomic mass is 32.1. The van der Waals surface area contributed by atoms with Crippen molar-refractivity contribution in [1.29, 1.82) is 0 Å². The highest BCUT2D eigenvalue weighted by Gasteiger charge is 2.07. The predicted octanol–water partition coefficient (Wildman–Crippen LogP) is 3.18. The Labute approximate surface area is 164 Å². The van der Waals surface area contributed by atoms with Crippen molar-refractivity contribution in [1.82, 2.24) is 25.4 Å². The Morgan fingerprint density at radius 3 is 2.52 bits per heavy atom. The fraction of sp³-hybridized carbons (Fsp3) is 0.350. The summed E-state index contributed by atoms with van der Waals surface area (Å²) in [6.45, 7) is 6.08. The molecule has 1 aromatic carbocycles. The third-order valence-electron chi connectivity index (χ3n) is 4.51. The number of benzene rings is 1. The summed E-state index contributed by atoms with van der Waals surface area (Å²) in [5.74, 6) is 2.55. The van der Waals surface area contributed by atoms with Crippen LogP contribution in [0.4, 0.5) is 0 Å². The van der Waals surface area contributed by atoms with E-state index in [4.69, 9.17) is 4.99 Å². The van der Waals surface area contributed by atoms with Crippen LogP contribution in [0, 0.1) is 6.92 Å². The van der Waals surface area contributed by atoms with Crippen LogP contribution < -0.4 is 10.6 Å². The molecule has 0 saturated heterocycles. The molecule has 3 rings (SSSR count). The monoisotopic (exact) mass is 382 g/mol. The number of thiophene rings is 1. The topological polar surface area (TPSA) is 67.1 Å². The van der Waals surface area contributed by atoms with Gasteiger partial charge < -0.3 is 15.2 Å². The van der Waals surface area contributed by atoms with Crippen molar-refractivity contribution < 1.29 is 0 Å². The van der Waals surface area contributed by atoms with Gasteiger partial charge in [-0.3, -0.25) is 0 Å². The Hall–Kier alpha value is -2.67. The lowest BCUT2D eigenvalue weighted by molar-refractivity contribution is 0.715. The Kier molecular flexibility index (Phi) is 6.59. The standard InChI is InChI=1S/C20H26N6S/c1-4-16-8-5-6-9-17(16)12-21-20(22-13-18-10-7-11-27-18)23-14-19-25-24-15(2)26(19)3/h5-11H,4,12-14H2,1-3H3,(H2,21,22,23). The number of hydrogen-bond donors (Lipinski definition) is 2. The van der Waals surface area contributed by atoms with Crippen LogP contribution >= 0.6 is 11.3 Å². The lowest BCUT2D eigenvalue weighted by Crippen LogP contribution is -2.37. The molecule has 0 aliphatic heterocycles. The first kappa shape index (κ1) is 19.1. The van der Waals surface area contributed by atoms with E-state index in [9.17, 15) is 0 Å². The van der Waals surface area contributed by atoms with Crippen molar-refractivity contribution >= 4 is 17.3 Å². The van der Waals surface area contributed by atoms with Gasteiger partial charge in [-0.05, 0) is 35.9 Å². The summed E-state index contributed by atoms with van der Waals surface area (Å²) < 4.78 is 1.98. The highest BCUT2D eigenvalue weighted by Crippen LogP contribution is 2.11. The fourth-order valence-electron chi connectivity index (χ4n) is 2.75. The number of guanidine groups is 1. The molecule has 0 fully saturated rings. The number of aliphatic imine (C=N–C) groups is 1. The van der Waals surface area contributed by atoms with Crippen LogP contribution in [0.5, 0.6) is 0 Å². The summed E-state index contributed by atoms with van der Waals surface area (Å²) in [4.78, 5) is 6.07. The van der Waals surface area contributed by atoms with Crippen LogP contribution in [-0.2, 0) is 33.1 Å². The third-order valence-corrected chi connectivity index (χ3v) is 5.39. The third kappa shape index (κ3) is 5.17. The molecule has 0 bridgehead atoms. The van der Waals surface area contributed by atoms with Gasteiger partial charge in [-0.25, -0.2) is 4.99 Å². The smallest absolute Gasteiger partial charge is 0.192 e. The predicted molar refractivity (Wildman–Crippen MR) is 111 cm³/mol. The molecule has 0 aliphatic carbocycles. The van der Waals surface area contributed by atoms with Crippen LogP contribution in [0.25, 0.3) is 0 Å². The van der Waals surface area contributed by atoms with E-state index in [-0.39, 0.29) is 0 Å². The van der Waals surface area contributed by atoms with Gasteiger partial charge >= 0.3 is 0 Å². The molecule has 2 heterocycles. The van der Waals surface area contributed by atoms with E-state index in [0.29, 0.717) is 13.1 Å². The largest absolute Gasteiger partial charge is 0.351 e. The molecule has 0 aliphatic rings. The van der Waals surface area contributed by atoms with Gasteiger partial charge in [0.25, 0.3) is 0 Å². The zero-order chi connectivity index (χ0) is 19.1. The summed E-state index contributed by atoms with van der Waals surface area (Å²) in [5.41, 5.74) is 2.59. The summed E-state index contributed by atoms with van der Waals surface area (Å²) in [7, 11) is 1.97. The van der Waals surface area contributed by atoms with E-state index in [1.165, 1.54) is 16.0 Å². The number of rotatable bonds is 7. The van der Waals surface area contributed by atoms with E-state index < -0.39 is 0 Å². The molecule has 27 heavy (non-hydrogen) atoms. The molecular weight excluding hydrogens is 356 g/mol. The summed E-state index contributed by atoms with van der Waals surface area (Å²) in [5, 5.41) is 17.2. The maximum Gasteiger partial charge on any atom is 0.192 e. The molecule has 0 spiro atoms. The molecule has 0 radical (unpaired) electrons. The first-order chi connectivity index (χ1) is 13.2. The van der Waals surface area contributed by atoms with Gasteiger partial charge in [-0.2, -0.15) is 0 Å². The number of hydrogen-bond acceptors (Lipinski definition) is 4. The molecular formula is C20H26N6S. The van der Waals surface area contributed by atoms with Gasteiger partial charge in [-0.1, -0.05) is 37.3 Å². The lowest BCUT2D eigenvalue weighted by Gasteiger charge is -2.13. The Bertz CT molecular complexity index is 882. The molecule has 142 valence electrons. The molecule has 0 unspecified atom stereocenters. The minimum absolute atomic E-state index is 0.572. The van der Waals surface area contributed by atoms with E-state index >= 15 is 0 Å². The lowest BCUT2D eigenvalue weighted by atomic mass is 10.1. The van der Waals surface area contributed by atoms with Crippen molar-refractivity contribution in [3.63, 3.8) is 0 Å². The summed E-state index contributed by atoms with van der Waals surface area (Å²) in [6.07, 6.45) is 1.01. The molecule has 2 N–H and O–H groups in total. The maximum atomic E-state index is 4.80. The zero-order valence-electron chi connectivity index (χ0n) is 16.1. The second-order valence-electron chi connectivity index (χ2n) is 6.30. The average molecular weight is 383 g/mol. The maximum absolute atomic E-state index is 4.80. The second-order valence-corrected chi connectivity index (χ2v) is 7.33. The SMILES string of the molecule is CCc1ccccc1CN=C(NCc1cccs1)NCc1nnc(C)n1C. The van der Waals surface area contributed by atoms with Crippen molar-refractivity contribution in [2.45, 2.75) is 39.9 Å². The second kappa shape index (κ2) is 9.32. The van der Waals surface area contributed by atoms with Crippen molar-refractivity contribution in [2.75, 3.05) is 0 Å². The normalized spacial score (nSPS) is 11.6. The highest BCUT2D eigenvalue weighted by molar-refractivity contribution is 7.09. The molecule has 0 saturated carbocycles. The van der Waals surface area contributed by atoms with Gasteiger partial charge in [0.1, 0.15) is 5.82 Å². The van der Waals surface area contributed by atoms with Gasteiger partial charge in [0.05, 0.1) is 19.6 Å². The van der Waals surface area contributed by atoms with Gasteiger partial charge in [0, 0.05) is 11.9 Å². The van der Waals surface area contributed by atoms with Crippen LogP contribution in [0.1, 0.15) is 34.6 Å². The Morgan fingerprint density at radius 2 is 1.85 bits per heavy atom. The molecule has 2 aromatic heterocycles. The van der Waals surface area contributed by atoms with E-state index in [0.717, 1.165) is 30.6 Å². The minimum atomic E-state index is 0.572. The van der Waals surface area contributed by atoms with Gasteiger partial charge in [0.15, 0.2) is 11.8 Å². The summed E-state index contributed by atoms with van der Waals surface area (Å²) >= 11 is 1.73. The van der Waals surface area contributed by atoms with Crippen molar-refractivity contribution in [2.24, 2.45) is 12.0 Å². The quantitative estimate of drug-likeness (QED) is 0.486. The van der Waals surface area contributed by atoms with Crippen LogP contribution in [0.3, 0.4) is 0 Å². The van der Waals surface area contributed by atoms with E-state index in [1.54, 1.807) is 11.3 Å².